The third kappa shape index (κ3) is 5.62. The van der Waals surface area contributed by atoms with Gasteiger partial charge in [-0.05, 0) is 75.3 Å². The van der Waals surface area contributed by atoms with Gasteiger partial charge in [-0.25, -0.2) is 15.0 Å². The number of nitrogens with zero attached hydrogens (tertiary/aromatic N) is 3. The Kier molecular flexibility index (Phi) is 6.83. The molecule has 1 fully saturated rings. The molecule has 3 aromatic rings. The first-order chi connectivity index (χ1) is 16.4. The van der Waals surface area contributed by atoms with E-state index in [0.717, 1.165) is 23.9 Å². The molecule has 186 valence electrons. The molecule has 0 aromatic carbocycles. The molecule has 7 nitrogen and oxygen atoms in total. The highest BCUT2D eigenvalue weighted by atomic mass is 32.1. The molecule has 35 heavy (non-hydrogen) atoms. The number of carboxylic acids is 1. The summed E-state index contributed by atoms with van der Waals surface area (Å²) in [4.78, 5) is 24.8. The molecule has 0 aliphatic heterocycles. The minimum Gasteiger partial charge on any atom is -0.481 e. The molecular weight excluding hydrogens is 481 g/mol. The van der Waals surface area contributed by atoms with Crippen LogP contribution in [0, 0.1) is 18.8 Å². The molecule has 0 amide bonds. The fraction of sp³-hybridized carbons (Fsp3) is 0.417. The zero-order chi connectivity index (χ0) is 25.4. The second-order valence-corrected chi connectivity index (χ2v) is 10.1. The summed E-state index contributed by atoms with van der Waals surface area (Å²) in [5.74, 6) is -0.918. The van der Waals surface area contributed by atoms with Crippen LogP contribution >= 0.6 is 11.3 Å². The number of thiazole rings is 1. The summed E-state index contributed by atoms with van der Waals surface area (Å²) in [5.41, 5.74) is -0.624. The number of alkyl halides is 3. The van der Waals surface area contributed by atoms with Gasteiger partial charge in [0.2, 0.25) is 0 Å². The quantitative estimate of drug-likeness (QED) is 0.390. The van der Waals surface area contributed by atoms with E-state index in [1.807, 2.05) is 13.0 Å². The maximum Gasteiger partial charge on any atom is 0.416 e. The molecule has 3 aromatic heterocycles. The maximum absolute atomic E-state index is 13.0. The minimum atomic E-state index is -4.48. The molecule has 0 bridgehead atoms. The Balaban J connectivity index is 1.54. The Labute approximate surface area is 204 Å². The number of anilines is 2. The second-order valence-electron chi connectivity index (χ2n) is 9.03. The lowest BCUT2D eigenvalue weighted by Crippen LogP contribution is -2.35. The lowest BCUT2D eigenvalue weighted by molar-refractivity contribution is -0.144. The molecule has 11 heteroatoms. The van der Waals surface area contributed by atoms with Crippen LogP contribution in [0.2, 0.25) is 0 Å². The molecule has 3 heterocycles. The largest absolute Gasteiger partial charge is 0.481 e. The van der Waals surface area contributed by atoms with Crippen LogP contribution in [-0.2, 0) is 16.6 Å². The van der Waals surface area contributed by atoms with E-state index in [-0.39, 0.29) is 17.7 Å². The monoisotopic (exact) mass is 506 g/mol. The molecular formula is C24H25F3N4O3S. The van der Waals surface area contributed by atoms with Gasteiger partial charge in [0.25, 0.3) is 0 Å². The summed E-state index contributed by atoms with van der Waals surface area (Å²) in [5, 5.41) is 23.8. The van der Waals surface area contributed by atoms with Crippen LogP contribution in [-0.4, -0.2) is 31.1 Å². The van der Waals surface area contributed by atoms with Crippen molar-refractivity contribution in [2.45, 2.75) is 51.3 Å². The predicted octanol–water partition coefficient (Wildman–Crippen LogP) is 5.77. The zero-order valence-electron chi connectivity index (χ0n) is 19.1. The molecule has 3 N–H and O–H groups in total. The van der Waals surface area contributed by atoms with Gasteiger partial charge in [0.1, 0.15) is 22.2 Å². The van der Waals surface area contributed by atoms with Gasteiger partial charge in [0.15, 0.2) is 0 Å². The fourth-order valence-corrected chi connectivity index (χ4v) is 5.37. The number of aliphatic carboxylic acids is 1. The average Bonchev–Trinajstić information content (AvgIpc) is 3.30. The summed E-state index contributed by atoms with van der Waals surface area (Å²) in [6, 6.07) is 5.35. The van der Waals surface area contributed by atoms with Crippen molar-refractivity contribution in [3.8, 4) is 10.6 Å². The van der Waals surface area contributed by atoms with E-state index < -0.39 is 23.3 Å². The van der Waals surface area contributed by atoms with E-state index in [1.54, 1.807) is 19.2 Å². The fourth-order valence-electron chi connectivity index (χ4n) is 4.37. The Hall–Kier alpha value is -3.05. The number of halogens is 3. The normalized spacial score (nSPS) is 20.3. The van der Waals surface area contributed by atoms with Crippen LogP contribution in [0.4, 0.5) is 24.8 Å². The molecule has 0 radical (unpaired) electrons. The number of hydrogen-bond acceptors (Lipinski definition) is 7. The van der Waals surface area contributed by atoms with E-state index in [1.165, 1.54) is 11.3 Å². The zero-order valence-corrected chi connectivity index (χ0v) is 20.0. The van der Waals surface area contributed by atoms with Crippen LogP contribution in [0.5, 0.6) is 0 Å². The van der Waals surface area contributed by atoms with Crippen molar-refractivity contribution >= 4 is 28.9 Å². The van der Waals surface area contributed by atoms with Crippen molar-refractivity contribution in [1.29, 1.82) is 0 Å². The SMILES string of the molecule is Cc1cc(Nc2cc(C(F)(F)F)ccn2)nc(-c2cnc([C@](C)(O)[C@H]3CC[C@H](C(=O)O)CC3)s2)c1. The van der Waals surface area contributed by atoms with Crippen molar-refractivity contribution in [2.75, 3.05) is 5.32 Å². The number of pyridine rings is 2. The van der Waals surface area contributed by atoms with Gasteiger partial charge in [0.05, 0.1) is 22.1 Å². The van der Waals surface area contributed by atoms with E-state index in [0.29, 0.717) is 47.1 Å². The van der Waals surface area contributed by atoms with Crippen LogP contribution in [0.3, 0.4) is 0 Å². The number of aryl methyl sites for hydroxylation is 1. The second kappa shape index (κ2) is 9.54. The van der Waals surface area contributed by atoms with E-state index in [4.69, 9.17) is 0 Å². The molecule has 1 saturated carbocycles. The van der Waals surface area contributed by atoms with Gasteiger partial charge in [-0.15, -0.1) is 11.3 Å². The maximum atomic E-state index is 13.0. The molecule has 0 spiro atoms. The highest BCUT2D eigenvalue weighted by Gasteiger charge is 2.40. The summed E-state index contributed by atoms with van der Waals surface area (Å²) in [7, 11) is 0. The van der Waals surface area contributed by atoms with Crippen LogP contribution in [0.15, 0.2) is 36.7 Å². The third-order valence-corrected chi connectivity index (χ3v) is 7.62. The topological polar surface area (TPSA) is 108 Å². The van der Waals surface area contributed by atoms with Gasteiger partial charge < -0.3 is 15.5 Å². The van der Waals surface area contributed by atoms with Crippen LogP contribution in [0.1, 0.15) is 48.7 Å². The first-order valence-corrected chi connectivity index (χ1v) is 12.0. The van der Waals surface area contributed by atoms with E-state index in [9.17, 15) is 28.2 Å². The predicted molar refractivity (Wildman–Crippen MR) is 125 cm³/mol. The minimum absolute atomic E-state index is 0.0220. The number of carboxylic acid groups (broad SMARTS) is 1. The number of rotatable bonds is 6. The van der Waals surface area contributed by atoms with Crippen molar-refractivity contribution < 1.29 is 28.2 Å². The number of aliphatic hydroxyl groups is 1. The first kappa shape index (κ1) is 25.1. The van der Waals surface area contributed by atoms with Gasteiger partial charge in [0, 0.05) is 12.4 Å². The molecule has 1 aliphatic rings. The van der Waals surface area contributed by atoms with Crippen LogP contribution in [0.25, 0.3) is 10.6 Å². The summed E-state index contributed by atoms with van der Waals surface area (Å²) < 4.78 is 39.1. The molecule has 0 unspecified atom stereocenters. The summed E-state index contributed by atoms with van der Waals surface area (Å²) >= 11 is 1.29. The van der Waals surface area contributed by atoms with Crippen molar-refractivity contribution in [3.05, 3.63) is 52.8 Å². The number of nitrogens with one attached hydrogen (secondary N) is 1. The lowest BCUT2D eigenvalue weighted by atomic mass is 9.74. The standard InChI is InChI=1S/C24H25F3N4O3S/c1-13-9-17(30-20(10-13)31-19-11-16(7-8-28-19)24(25,26)27)18-12-29-22(35-18)23(2,34)15-5-3-14(4-6-15)21(32)33/h7-12,14-15,34H,3-6H2,1-2H3,(H,32,33)(H,28,30,31)/t14-,15-,23-/m1/s1. The Morgan fingerprint density at radius 2 is 1.83 bits per heavy atom. The molecule has 4 rings (SSSR count). The van der Waals surface area contributed by atoms with Crippen molar-refractivity contribution in [2.24, 2.45) is 11.8 Å². The number of carbonyl (C=O) groups is 1. The number of hydrogen-bond donors (Lipinski definition) is 3. The van der Waals surface area contributed by atoms with Crippen LogP contribution < -0.4 is 5.32 Å². The smallest absolute Gasteiger partial charge is 0.416 e. The van der Waals surface area contributed by atoms with E-state index in [2.05, 4.69) is 20.3 Å². The molecule has 1 aliphatic carbocycles. The average molecular weight is 507 g/mol. The Morgan fingerprint density at radius 3 is 2.49 bits per heavy atom. The highest BCUT2D eigenvalue weighted by molar-refractivity contribution is 7.15. The molecule has 1 atom stereocenters. The highest BCUT2D eigenvalue weighted by Crippen LogP contribution is 2.43. The van der Waals surface area contributed by atoms with Crippen molar-refractivity contribution in [3.63, 3.8) is 0 Å². The van der Waals surface area contributed by atoms with Gasteiger partial charge >= 0.3 is 12.1 Å². The van der Waals surface area contributed by atoms with Gasteiger partial charge in [-0.1, -0.05) is 0 Å². The lowest BCUT2D eigenvalue weighted by Gasteiger charge is -2.35. The van der Waals surface area contributed by atoms with Gasteiger partial charge in [-0.3, -0.25) is 4.79 Å². The molecule has 0 saturated heterocycles. The summed E-state index contributed by atoms with van der Waals surface area (Å²) in [6.45, 7) is 3.55. The summed E-state index contributed by atoms with van der Waals surface area (Å²) in [6.07, 6.45) is 0.459. The Bertz CT molecular complexity index is 1220. The third-order valence-electron chi connectivity index (χ3n) is 6.38. The van der Waals surface area contributed by atoms with Crippen molar-refractivity contribution in [1.82, 2.24) is 15.0 Å². The Morgan fingerprint density at radius 1 is 1.11 bits per heavy atom. The van der Waals surface area contributed by atoms with E-state index >= 15 is 0 Å². The van der Waals surface area contributed by atoms with Gasteiger partial charge in [-0.2, -0.15) is 13.2 Å². The first-order valence-electron chi connectivity index (χ1n) is 11.1. The number of aromatic nitrogens is 3.